The van der Waals surface area contributed by atoms with E-state index in [1.54, 1.807) is 6.20 Å². The van der Waals surface area contributed by atoms with Crippen molar-refractivity contribution in [2.24, 2.45) is 11.3 Å². The molecule has 0 spiro atoms. The largest absolute Gasteiger partial charge is 0.343 e. The zero-order valence-electron chi connectivity index (χ0n) is 19.4. The Hall–Kier alpha value is -2.69. The highest BCUT2D eigenvalue weighted by Crippen LogP contribution is 2.39. The molecule has 2 heterocycles. The molecule has 5 nitrogen and oxygen atoms in total. The highest BCUT2D eigenvalue weighted by Gasteiger charge is 2.48. The maximum absolute atomic E-state index is 13.8. The highest BCUT2D eigenvalue weighted by molar-refractivity contribution is 5.86. The summed E-state index contributed by atoms with van der Waals surface area (Å²) >= 11 is 0. The molecule has 2 aliphatic rings. The van der Waals surface area contributed by atoms with Crippen molar-refractivity contribution in [1.29, 1.82) is 0 Å². The van der Waals surface area contributed by atoms with Crippen LogP contribution in [0.3, 0.4) is 0 Å². The van der Waals surface area contributed by atoms with Gasteiger partial charge in [0, 0.05) is 44.5 Å². The second kappa shape index (κ2) is 9.85. The van der Waals surface area contributed by atoms with Crippen LogP contribution < -0.4 is 0 Å². The van der Waals surface area contributed by atoms with E-state index in [1.807, 2.05) is 35.9 Å². The average Bonchev–Trinajstić information content (AvgIpc) is 3.52. The molecule has 32 heavy (non-hydrogen) atoms. The summed E-state index contributed by atoms with van der Waals surface area (Å²) in [4.78, 5) is 35.1. The van der Waals surface area contributed by atoms with Crippen LogP contribution in [-0.2, 0) is 16.0 Å². The summed E-state index contributed by atoms with van der Waals surface area (Å²) in [6.07, 6.45) is 9.33. The van der Waals surface area contributed by atoms with Crippen molar-refractivity contribution in [3.05, 3.63) is 54.4 Å². The van der Waals surface area contributed by atoms with Crippen LogP contribution in [-0.4, -0.2) is 52.8 Å². The molecule has 4 rings (SSSR count). The van der Waals surface area contributed by atoms with Crippen molar-refractivity contribution >= 4 is 11.8 Å². The van der Waals surface area contributed by atoms with E-state index in [1.165, 1.54) is 0 Å². The summed E-state index contributed by atoms with van der Waals surface area (Å²) in [5.41, 5.74) is 2.77. The number of likely N-dealkylation sites (tertiary alicyclic amines) is 1. The standard InChI is InChI=1S/C27H35N3O2/c1-3-29(4-2)26(32)27(14-16-30(20-27)25(31)22-10-5-6-11-22)18-21-9-7-12-23(17-21)24-13-8-15-28-19-24/h7-9,12-13,15,17,19,22H,3-6,10-11,14,16,18,20H2,1-2H3/t27-/m0/s1. The predicted octanol–water partition coefficient (Wildman–Crippen LogP) is 4.57. The average molecular weight is 434 g/mol. The van der Waals surface area contributed by atoms with Crippen LogP contribution >= 0.6 is 0 Å². The molecule has 1 aliphatic heterocycles. The number of pyridine rings is 1. The molecular formula is C27H35N3O2. The van der Waals surface area contributed by atoms with Gasteiger partial charge in [-0.2, -0.15) is 0 Å². The summed E-state index contributed by atoms with van der Waals surface area (Å²) in [5.74, 6) is 0.611. The van der Waals surface area contributed by atoms with Gasteiger partial charge in [0.1, 0.15) is 0 Å². The minimum absolute atomic E-state index is 0.156. The van der Waals surface area contributed by atoms with Crippen LogP contribution in [0.2, 0.25) is 0 Å². The fourth-order valence-electron chi connectivity index (χ4n) is 5.52. The minimum Gasteiger partial charge on any atom is -0.343 e. The maximum Gasteiger partial charge on any atom is 0.230 e. The molecule has 1 aromatic heterocycles. The van der Waals surface area contributed by atoms with Gasteiger partial charge in [0.15, 0.2) is 0 Å². The number of rotatable bonds is 7. The molecule has 2 amide bonds. The maximum atomic E-state index is 13.8. The fraction of sp³-hybridized carbons (Fsp3) is 0.519. The highest BCUT2D eigenvalue weighted by atomic mass is 16.2. The molecule has 0 N–H and O–H groups in total. The number of hydrogen-bond donors (Lipinski definition) is 0. The Labute approximate surface area is 191 Å². The van der Waals surface area contributed by atoms with Gasteiger partial charge in [-0.1, -0.05) is 43.2 Å². The van der Waals surface area contributed by atoms with Gasteiger partial charge >= 0.3 is 0 Å². The van der Waals surface area contributed by atoms with Gasteiger partial charge in [-0.05, 0) is 62.3 Å². The van der Waals surface area contributed by atoms with E-state index in [4.69, 9.17) is 0 Å². The lowest BCUT2D eigenvalue weighted by Crippen LogP contribution is -2.47. The van der Waals surface area contributed by atoms with E-state index in [0.29, 0.717) is 32.6 Å². The quantitative estimate of drug-likeness (QED) is 0.643. The van der Waals surface area contributed by atoms with E-state index >= 15 is 0 Å². The van der Waals surface area contributed by atoms with Crippen LogP contribution in [0.1, 0.15) is 51.5 Å². The lowest BCUT2D eigenvalue weighted by Gasteiger charge is -2.34. The third kappa shape index (κ3) is 4.57. The second-order valence-corrected chi connectivity index (χ2v) is 9.37. The van der Waals surface area contributed by atoms with Crippen molar-refractivity contribution in [3.8, 4) is 11.1 Å². The van der Waals surface area contributed by atoms with Gasteiger partial charge in [0.2, 0.25) is 11.8 Å². The molecule has 1 atom stereocenters. The van der Waals surface area contributed by atoms with Gasteiger partial charge < -0.3 is 9.80 Å². The number of aromatic nitrogens is 1. The lowest BCUT2D eigenvalue weighted by molar-refractivity contribution is -0.142. The molecule has 1 saturated heterocycles. The van der Waals surface area contributed by atoms with E-state index in [9.17, 15) is 9.59 Å². The molecule has 0 unspecified atom stereocenters. The van der Waals surface area contributed by atoms with Crippen molar-refractivity contribution < 1.29 is 9.59 Å². The molecule has 2 aromatic rings. The Balaban J connectivity index is 1.61. The van der Waals surface area contributed by atoms with Crippen LogP contribution in [0.15, 0.2) is 48.8 Å². The first-order chi connectivity index (χ1) is 15.6. The molecular weight excluding hydrogens is 398 g/mol. The Morgan fingerprint density at radius 3 is 2.53 bits per heavy atom. The normalized spacial score (nSPS) is 21.1. The van der Waals surface area contributed by atoms with E-state index in [-0.39, 0.29) is 17.7 Å². The van der Waals surface area contributed by atoms with Gasteiger partial charge in [0.25, 0.3) is 0 Å². The predicted molar refractivity (Wildman–Crippen MR) is 127 cm³/mol. The smallest absolute Gasteiger partial charge is 0.230 e. The zero-order chi connectivity index (χ0) is 22.6. The van der Waals surface area contributed by atoms with E-state index < -0.39 is 5.41 Å². The molecule has 5 heteroatoms. The van der Waals surface area contributed by atoms with Crippen molar-refractivity contribution in [3.63, 3.8) is 0 Å². The molecule has 1 aromatic carbocycles. The third-order valence-corrected chi connectivity index (χ3v) is 7.34. The number of hydrogen-bond acceptors (Lipinski definition) is 3. The first-order valence-corrected chi connectivity index (χ1v) is 12.1. The van der Waals surface area contributed by atoms with Gasteiger partial charge in [-0.15, -0.1) is 0 Å². The topological polar surface area (TPSA) is 53.5 Å². The number of carbonyl (C=O) groups excluding carboxylic acids is 2. The number of carbonyl (C=O) groups is 2. The Morgan fingerprint density at radius 2 is 1.84 bits per heavy atom. The van der Waals surface area contributed by atoms with Gasteiger partial charge in [0.05, 0.1) is 5.41 Å². The molecule has 2 fully saturated rings. The summed E-state index contributed by atoms with van der Waals surface area (Å²) < 4.78 is 0. The van der Waals surface area contributed by atoms with Crippen LogP contribution in [0.4, 0.5) is 0 Å². The first-order valence-electron chi connectivity index (χ1n) is 12.1. The number of benzene rings is 1. The van der Waals surface area contributed by atoms with Crippen LogP contribution in [0.5, 0.6) is 0 Å². The Morgan fingerprint density at radius 1 is 1.09 bits per heavy atom. The molecule has 0 bridgehead atoms. The lowest BCUT2D eigenvalue weighted by atomic mass is 9.78. The van der Waals surface area contributed by atoms with Crippen LogP contribution in [0, 0.1) is 11.3 Å². The summed E-state index contributed by atoms with van der Waals surface area (Å²) in [6, 6.07) is 12.4. The number of amides is 2. The molecule has 1 aliphatic carbocycles. The summed E-state index contributed by atoms with van der Waals surface area (Å²) in [5, 5.41) is 0. The third-order valence-electron chi connectivity index (χ3n) is 7.34. The molecule has 1 saturated carbocycles. The van der Waals surface area contributed by atoms with Gasteiger partial charge in [-0.3, -0.25) is 14.6 Å². The Bertz CT molecular complexity index is 935. The fourth-order valence-corrected chi connectivity index (χ4v) is 5.52. The first kappa shape index (κ1) is 22.5. The van der Waals surface area contributed by atoms with Crippen molar-refractivity contribution in [2.45, 2.75) is 52.4 Å². The van der Waals surface area contributed by atoms with Gasteiger partial charge in [-0.25, -0.2) is 0 Å². The van der Waals surface area contributed by atoms with E-state index in [0.717, 1.165) is 48.8 Å². The monoisotopic (exact) mass is 433 g/mol. The SMILES string of the molecule is CCN(CC)C(=O)[C@]1(Cc2cccc(-c3cccnc3)c2)CCN(C(=O)C2CCCC2)C1. The number of nitrogens with zero attached hydrogens (tertiary/aromatic N) is 3. The zero-order valence-corrected chi connectivity index (χ0v) is 19.4. The van der Waals surface area contributed by atoms with E-state index in [2.05, 4.69) is 35.3 Å². The van der Waals surface area contributed by atoms with Crippen LogP contribution in [0.25, 0.3) is 11.1 Å². The Kier molecular flexibility index (Phi) is 6.92. The minimum atomic E-state index is -0.548. The molecule has 0 radical (unpaired) electrons. The van der Waals surface area contributed by atoms with Crippen molar-refractivity contribution in [2.75, 3.05) is 26.2 Å². The molecule has 170 valence electrons. The summed E-state index contributed by atoms with van der Waals surface area (Å²) in [7, 11) is 0. The summed E-state index contributed by atoms with van der Waals surface area (Å²) in [6.45, 7) is 6.69. The van der Waals surface area contributed by atoms with Crippen molar-refractivity contribution in [1.82, 2.24) is 14.8 Å². The second-order valence-electron chi connectivity index (χ2n) is 9.37.